The highest BCUT2D eigenvalue weighted by molar-refractivity contribution is 14.0. The maximum atomic E-state index is 12.1. The number of likely N-dealkylation sites (tertiary alicyclic amines) is 1. The summed E-state index contributed by atoms with van der Waals surface area (Å²) in [6.45, 7) is 6.66. The molecule has 0 saturated carbocycles. The zero-order chi connectivity index (χ0) is 16.3. The standard InChI is InChI=1S/C17H26N4O.HI/c1-17(2,3)20-16(18)19-11-13-10-14(22)21(4)15(13)12-8-6-5-7-9-12;/h5-9,13,15H,10-11H2,1-4H3,(H3,18,19,20);1H. The molecule has 2 rings (SSSR count). The minimum Gasteiger partial charge on any atom is -0.370 e. The maximum Gasteiger partial charge on any atom is 0.223 e. The van der Waals surface area contributed by atoms with Crippen LogP contribution in [0.1, 0.15) is 38.8 Å². The topological polar surface area (TPSA) is 70.7 Å². The van der Waals surface area contributed by atoms with E-state index in [-0.39, 0.29) is 47.4 Å². The van der Waals surface area contributed by atoms with Gasteiger partial charge in [-0.15, -0.1) is 24.0 Å². The fourth-order valence-electron chi connectivity index (χ4n) is 2.90. The summed E-state index contributed by atoms with van der Waals surface area (Å²) < 4.78 is 0. The zero-order valence-electron chi connectivity index (χ0n) is 14.2. The lowest BCUT2D eigenvalue weighted by Crippen LogP contribution is -2.45. The minimum atomic E-state index is -0.116. The lowest BCUT2D eigenvalue weighted by Gasteiger charge is -2.25. The monoisotopic (exact) mass is 430 g/mol. The highest BCUT2D eigenvalue weighted by Gasteiger charge is 2.38. The van der Waals surface area contributed by atoms with Crippen LogP contribution in [0.2, 0.25) is 0 Å². The molecule has 0 spiro atoms. The van der Waals surface area contributed by atoms with E-state index in [1.165, 1.54) is 0 Å². The van der Waals surface area contributed by atoms with E-state index in [0.717, 1.165) is 5.56 Å². The summed E-state index contributed by atoms with van der Waals surface area (Å²) in [5, 5.41) is 3.15. The van der Waals surface area contributed by atoms with E-state index in [1.807, 2.05) is 50.9 Å². The van der Waals surface area contributed by atoms with Gasteiger partial charge in [0.25, 0.3) is 0 Å². The van der Waals surface area contributed by atoms with Crippen LogP contribution in [0.4, 0.5) is 0 Å². The Morgan fingerprint density at radius 3 is 2.52 bits per heavy atom. The first-order chi connectivity index (χ1) is 10.3. The number of nitrogens with two attached hydrogens (primary N) is 1. The van der Waals surface area contributed by atoms with Crippen LogP contribution in [-0.4, -0.2) is 35.9 Å². The first kappa shape index (κ1) is 19.7. The van der Waals surface area contributed by atoms with Crippen molar-refractivity contribution >= 4 is 35.8 Å². The number of hydrogen-bond acceptors (Lipinski definition) is 2. The average molecular weight is 430 g/mol. The molecular formula is C17H27IN4O. The summed E-state index contributed by atoms with van der Waals surface area (Å²) in [5.41, 5.74) is 6.97. The molecule has 1 saturated heterocycles. The van der Waals surface area contributed by atoms with Gasteiger partial charge in [-0.05, 0) is 26.3 Å². The molecule has 2 unspecified atom stereocenters. The van der Waals surface area contributed by atoms with Gasteiger partial charge in [-0.3, -0.25) is 9.79 Å². The average Bonchev–Trinajstić information content (AvgIpc) is 2.71. The molecule has 1 aromatic carbocycles. The van der Waals surface area contributed by atoms with Gasteiger partial charge in [0.2, 0.25) is 5.91 Å². The Bertz CT molecular complexity index is 553. The van der Waals surface area contributed by atoms with Crippen molar-refractivity contribution in [3.05, 3.63) is 35.9 Å². The molecule has 0 aromatic heterocycles. The van der Waals surface area contributed by atoms with E-state index in [2.05, 4.69) is 22.4 Å². The number of benzene rings is 1. The molecular weight excluding hydrogens is 403 g/mol. The third-order valence-electron chi connectivity index (χ3n) is 3.83. The van der Waals surface area contributed by atoms with Crippen molar-refractivity contribution in [1.29, 1.82) is 0 Å². The molecule has 1 heterocycles. The first-order valence-electron chi connectivity index (χ1n) is 7.66. The molecule has 1 aliphatic rings. The molecule has 0 bridgehead atoms. The molecule has 1 fully saturated rings. The van der Waals surface area contributed by atoms with Crippen molar-refractivity contribution in [3.8, 4) is 0 Å². The van der Waals surface area contributed by atoms with Crippen molar-refractivity contribution in [2.24, 2.45) is 16.6 Å². The van der Waals surface area contributed by atoms with Crippen molar-refractivity contribution in [2.45, 2.75) is 38.8 Å². The molecule has 128 valence electrons. The van der Waals surface area contributed by atoms with Crippen molar-refractivity contribution in [2.75, 3.05) is 13.6 Å². The van der Waals surface area contributed by atoms with Crippen LogP contribution in [0.15, 0.2) is 35.3 Å². The van der Waals surface area contributed by atoms with Crippen LogP contribution in [0.3, 0.4) is 0 Å². The van der Waals surface area contributed by atoms with E-state index in [0.29, 0.717) is 18.9 Å². The lowest BCUT2D eigenvalue weighted by atomic mass is 9.94. The second-order valence-corrected chi connectivity index (χ2v) is 6.93. The molecule has 1 aromatic rings. The largest absolute Gasteiger partial charge is 0.370 e. The van der Waals surface area contributed by atoms with E-state index >= 15 is 0 Å². The van der Waals surface area contributed by atoms with E-state index in [1.54, 1.807) is 0 Å². The highest BCUT2D eigenvalue weighted by atomic mass is 127. The van der Waals surface area contributed by atoms with Crippen LogP contribution >= 0.6 is 24.0 Å². The molecule has 0 radical (unpaired) electrons. The van der Waals surface area contributed by atoms with Crippen molar-refractivity contribution in [3.63, 3.8) is 0 Å². The summed E-state index contributed by atoms with van der Waals surface area (Å²) in [5.74, 6) is 0.748. The van der Waals surface area contributed by atoms with E-state index < -0.39 is 0 Å². The number of guanidine groups is 1. The normalized spacial score (nSPS) is 22.0. The molecule has 3 N–H and O–H groups in total. The minimum absolute atomic E-state index is 0. The number of hydrogen-bond donors (Lipinski definition) is 2. The summed E-state index contributed by atoms with van der Waals surface area (Å²) in [6, 6.07) is 10.2. The third-order valence-corrected chi connectivity index (χ3v) is 3.83. The van der Waals surface area contributed by atoms with Crippen molar-refractivity contribution in [1.82, 2.24) is 10.2 Å². The lowest BCUT2D eigenvalue weighted by molar-refractivity contribution is -0.127. The number of rotatable bonds is 3. The molecule has 6 heteroatoms. The fourth-order valence-corrected chi connectivity index (χ4v) is 2.90. The van der Waals surface area contributed by atoms with Crippen LogP contribution in [-0.2, 0) is 4.79 Å². The van der Waals surface area contributed by atoms with Gasteiger partial charge in [-0.25, -0.2) is 0 Å². The van der Waals surface area contributed by atoms with E-state index in [9.17, 15) is 4.79 Å². The maximum absolute atomic E-state index is 12.1. The zero-order valence-corrected chi connectivity index (χ0v) is 16.6. The summed E-state index contributed by atoms with van der Waals surface area (Å²) in [4.78, 5) is 18.3. The Morgan fingerprint density at radius 2 is 1.96 bits per heavy atom. The smallest absolute Gasteiger partial charge is 0.223 e. The van der Waals surface area contributed by atoms with Crippen molar-refractivity contribution < 1.29 is 4.79 Å². The van der Waals surface area contributed by atoms with Crippen LogP contribution in [0.25, 0.3) is 0 Å². The fraction of sp³-hybridized carbons (Fsp3) is 0.529. The number of nitrogens with one attached hydrogen (secondary N) is 1. The van der Waals surface area contributed by atoms with Gasteiger partial charge in [-0.2, -0.15) is 0 Å². The van der Waals surface area contributed by atoms with Gasteiger partial charge in [-0.1, -0.05) is 30.3 Å². The molecule has 2 atom stereocenters. The molecule has 1 aliphatic heterocycles. The quantitative estimate of drug-likeness (QED) is 0.440. The number of halogens is 1. The van der Waals surface area contributed by atoms with Gasteiger partial charge in [0, 0.05) is 31.5 Å². The van der Waals surface area contributed by atoms with Crippen LogP contribution in [0, 0.1) is 5.92 Å². The highest BCUT2D eigenvalue weighted by Crippen LogP contribution is 2.36. The molecule has 1 amide bonds. The van der Waals surface area contributed by atoms with Gasteiger partial charge in [0.05, 0.1) is 6.04 Å². The number of aliphatic imine (C=N–C) groups is 1. The summed E-state index contributed by atoms with van der Waals surface area (Å²) in [7, 11) is 1.86. The predicted octanol–water partition coefficient (Wildman–Crippen LogP) is 2.53. The molecule has 5 nitrogen and oxygen atoms in total. The summed E-state index contributed by atoms with van der Waals surface area (Å²) >= 11 is 0. The van der Waals surface area contributed by atoms with Crippen LogP contribution < -0.4 is 11.1 Å². The summed E-state index contributed by atoms with van der Waals surface area (Å²) in [6.07, 6.45) is 0.516. The van der Waals surface area contributed by atoms with Gasteiger partial charge in [0.15, 0.2) is 5.96 Å². The second-order valence-electron chi connectivity index (χ2n) is 6.93. The molecule has 0 aliphatic carbocycles. The Morgan fingerprint density at radius 1 is 1.35 bits per heavy atom. The van der Waals surface area contributed by atoms with Gasteiger partial charge >= 0.3 is 0 Å². The Kier molecular flexibility index (Phi) is 6.85. The number of carbonyl (C=O) groups is 1. The van der Waals surface area contributed by atoms with Gasteiger partial charge in [0.1, 0.15) is 0 Å². The third kappa shape index (κ3) is 5.37. The Hall–Kier alpha value is -1.31. The number of amides is 1. The first-order valence-corrected chi connectivity index (χ1v) is 7.66. The Labute approximate surface area is 155 Å². The van der Waals surface area contributed by atoms with E-state index in [4.69, 9.17) is 5.73 Å². The van der Waals surface area contributed by atoms with Gasteiger partial charge < -0.3 is 16.0 Å². The molecule has 23 heavy (non-hydrogen) atoms. The number of carbonyl (C=O) groups excluding carboxylic acids is 1. The SMILES string of the molecule is CN1C(=O)CC(CN=C(N)NC(C)(C)C)C1c1ccccc1.I. The number of nitrogens with zero attached hydrogens (tertiary/aromatic N) is 2. The predicted molar refractivity (Wildman–Crippen MR) is 105 cm³/mol. The Balaban J connectivity index is 0.00000264. The van der Waals surface area contributed by atoms with Crippen LogP contribution in [0.5, 0.6) is 0 Å². The second kappa shape index (κ2) is 7.99.